The van der Waals surface area contributed by atoms with Crippen LogP contribution in [0, 0.1) is 5.92 Å². The minimum atomic E-state index is -0.156. The maximum atomic E-state index is 12.3. The number of hydrogen-bond donors (Lipinski definition) is 3. The lowest BCUT2D eigenvalue weighted by atomic mass is 9.60. The first-order chi connectivity index (χ1) is 16.6. The quantitative estimate of drug-likeness (QED) is 0.448. The SMILES string of the molecule is C=CC(=O)C1CCC12CC(Nc1ncnc(N)c1-c1ccc(Oc3ccccc3)cc1)CCN2. The number of nitrogens with two attached hydrogens (primary N) is 1. The van der Waals surface area contributed by atoms with Crippen molar-refractivity contribution in [2.45, 2.75) is 37.3 Å². The summed E-state index contributed by atoms with van der Waals surface area (Å²) in [5, 5.41) is 7.22. The molecule has 0 radical (unpaired) electrons. The Kier molecular flexibility index (Phi) is 6.02. The van der Waals surface area contributed by atoms with Gasteiger partial charge in [0.1, 0.15) is 29.5 Å². The number of allylic oxidation sites excluding steroid dienone is 1. The Morgan fingerprint density at radius 1 is 1.12 bits per heavy atom. The molecule has 0 amide bonds. The molecule has 1 aliphatic heterocycles. The topological polar surface area (TPSA) is 102 Å². The molecule has 34 heavy (non-hydrogen) atoms. The van der Waals surface area contributed by atoms with Crippen LogP contribution in [-0.4, -0.2) is 33.9 Å². The maximum absolute atomic E-state index is 12.3. The van der Waals surface area contributed by atoms with Gasteiger partial charge in [-0.3, -0.25) is 4.79 Å². The summed E-state index contributed by atoms with van der Waals surface area (Å²) in [5.41, 5.74) is 7.83. The molecule has 1 aromatic heterocycles. The number of nitrogens with one attached hydrogen (secondary N) is 2. The van der Waals surface area contributed by atoms with E-state index in [4.69, 9.17) is 10.5 Å². The van der Waals surface area contributed by atoms with E-state index in [1.165, 1.54) is 12.4 Å². The van der Waals surface area contributed by atoms with Gasteiger partial charge in [0.05, 0.1) is 5.56 Å². The normalized spacial score (nSPS) is 23.6. The minimum Gasteiger partial charge on any atom is -0.457 e. The first kappa shape index (κ1) is 22.1. The monoisotopic (exact) mass is 455 g/mol. The number of nitrogen functional groups attached to an aromatic ring is 1. The molecule has 1 saturated carbocycles. The number of carbonyl (C=O) groups excluding carboxylic acids is 1. The molecule has 0 bridgehead atoms. The molecule has 3 aromatic rings. The number of ether oxygens (including phenoxy) is 1. The zero-order valence-corrected chi connectivity index (χ0v) is 19.0. The number of piperidine rings is 1. The summed E-state index contributed by atoms with van der Waals surface area (Å²) in [6.45, 7) is 4.53. The summed E-state index contributed by atoms with van der Waals surface area (Å²) >= 11 is 0. The summed E-state index contributed by atoms with van der Waals surface area (Å²) in [7, 11) is 0. The minimum absolute atomic E-state index is 0.00157. The number of aromatic nitrogens is 2. The number of benzene rings is 2. The molecule has 1 aliphatic carbocycles. The third-order valence-electron chi connectivity index (χ3n) is 7.01. The standard InChI is InChI=1S/C27H29N5O2/c1-2-23(33)22-12-14-27(22)16-19(13-15-31-27)32-26-24(25(28)29-17-30-26)18-8-10-21(11-9-18)34-20-6-4-3-5-7-20/h2-11,17,19,22,31H,1,12-16H2,(H3,28,29,30,32). The molecule has 3 unspecified atom stereocenters. The lowest BCUT2D eigenvalue weighted by molar-refractivity contribution is -0.126. The zero-order valence-electron chi connectivity index (χ0n) is 19.0. The molecule has 1 spiro atoms. The van der Waals surface area contributed by atoms with Crippen LogP contribution in [0.5, 0.6) is 11.5 Å². The highest BCUT2D eigenvalue weighted by atomic mass is 16.5. The number of hydrogen-bond acceptors (Lipinski definition) is 7. The van der Waals surface area contributed by atoms with Crippen molar-refractivity contribution in [3.63, 3.8) is 0 Å². The summed E-state index contributed by atoms with van der Waals surface area (Å²) in [6.07, 6.45) is 6.64. The van der Waals surface area contributed by atoms with Crippen LogP contribution >= 0.6 is 0 Å². The Hall–Kier alpha value is -3.71. The fourth-order valence-electron chi connectivity index (χ4n) is 5.18. The highest BCUT2D eigenvalue weighted by molar-refractivity contribution is 5.93. The molecular weight excluding hydrogens is 426 g/mol. The Labute approximate surface area is 199 Å². The van der Waals surface area contributed by atoms with Gasteiger partial charge in [-0.2, -0.15) is 0 Å². The highest BCUT2D eigenvalue weighted by Crippen LogP contribution is 2.45. The number of rotatable bonds is 7. The third-order valence-corrected chi connectivity index (χ3v) is 7.01. The summed E-state index contributed by atoms with van der Waals surface area (Å²) in [5.74, 6) is 2.77. The molecule has 7 heteroatoms. The molecule has 1 saturated heterocycles. The molecule has 5 rings (SSSR count). The molecule has 174 valence electrons. The van der Waals surface area contributed by atoms with Crippen molar-refractivity contribution in [3.8, 4) is 22.6 Å². The third kappa shape index (κ3) is 4.26. The molecule has 3 atom stereocenters. The number of anilines is 2. The lowest BCUT2D eigenvalue weighted by Gasteiger charge is -2.53. The summed E-state index contributed by atoms with van der Waals surface area (Å²) in [6, 6.07) is 17.6. The first-order valence-corrected chi connectivity index (χ1v) is 11.7. The van der Waals surface area contributed by atoms with Crippen LogP contribution < -0.4 is 21.1 Å². The average molecular weight is 456 g/mol. The van der Waals surface area contributed by atoms with Gasteiger partial charge in [-0.05, 0) is 68.1 Å². The van der Waals surface area contributed by atoms with Crippen LogP contribution in [0.15, 0.2) is 73.6 Å². The molecule has 7 nitrogen and oxygen atoms in total. The number of para-hydroxylation sites is 1. The van der Waals surface area contributed by atoms with Gasteiger partial charge in [0, 0.05) is 17.5 Å². The van der Waals surface area contributed by atoms with Gasteiger partial charge in [0.2, 0.25) is 0 Å². The smallest absolute Gasteiger partial charge is 0.160 e. The second-order valence-electron chi connectivity index (χ2n) is 9.04. The fraction of sp³-hybridized carbons (Fsp3) is 0.296. The second kappa shape index (κ2) is 9.27. The van der Waals surface area contributed by atoms with Crippen LogP contribution in [0.25, 0.3) is 11.1 Å². The summed E-state index contributed by atoms with van der Waals surface area (Å²) in [4.78, 5) is 21.1. The molecule has 2 heterocycles. The van der Waals surface area contributed by atoms with E-state index in [0.29, 0.717) is 11.6 Å². The van der Waals surface area contributed by atoms with Crippen molar-refractivity contribution in [2.75, 3.05) is 17.6 Å². The van der Waals surface area contributed by atoms with E-state index in [1.807, 2.05) is 54.6 Å². The van der Waals surface area contributed by atoms with Crippen molar-refractivity contribution in [1.82, 2.24) is 15.3 Å². The van der Waals surface area contributed by atoms with Gasteiger partial charge in [0.15, 0.2) is 5.78 Å². The van der Waals surface area contributed by atoms with E-state index < -0.39 is 0 Å². The zero-order chi connectivity index (χ0) is 23.5. The van der Waals surface area contributed by atoms with E-state index in [9.17, 15) is 4.79 Å². The molecule has 2 aromatic carbocycles. The van der Waals surface area contributed by atoms with E-state index in [-0.39, 0.29) is 23.3 Å². The Morgan fingerprint density at radius 3 is 2.59 bits per heavy atom. The Balaban J connectivity index is 1.35. The van der Waals surface area contributed by atoms with Crippen LogP contribution in [0.1, 0.15) is 25.7 Å². The van der Waals surface area contributed by atoms with Crippen LogP contribution in [0.2, 0.25) is 0 Å². The Morgan fingerprint density at radius 2 is 1.88 bits per heavy atom. The van der Waals surface area contributed by atoms with Crippen molar-refractivity contribution in [2.24, 2.45) is 5.92 Å². The van der Waals surface area contributed by atoms with Crippen LogP contribution in [0.4, 0.5) is 11.6 Å². The van der Waals surface area contributed by atoms with E-state index in [0.717, 1.165) is 54.9 Å². The number of carbonyl (C=O) groups is 1. The second-order valence-corrected chi connectivity index (χ2v) is 9.04. The molecule has 2 fully saturated rings. The van der Waals surface area contributed by atoms with Gasteiger partial charge in [0.25, 0.3) is 0 Å². The maximum Gasteiger partial charge on any atom is 0.160 e. The first-order valence-electron chi connectivity index (χ1n) is 11.7. The lowest BCUT2D eigenvalue weighted by Crippen LogP contribution is -2.65. The van der Waals surface area contributed by atoms with Gasteiger partial charge in [-0.15, -0.1) is 0 Å². The van der Waals surface area contributed by atoms with Crippen LogP contribution in [0.3, 0.4) is 0 Å². The van der Waals surface area contributed by atoms with E-state index in [2.05, 4.69) is 27.2 Å². The predicted molar refractivity (Wildman–Crippen MR) is 134 cm³/mol. The van der Waals surface area contributed by atoms with Gasteiger partial charge in [-0.1, -0.05) is 36.9 Å². The van der Waals surface area contributed by atoms with Crippen molar-refractivity contribution >= 4 is 17.4 Å². The van der Waals surface area contributed by atoms with Gasteiger partial charge in [-0.25, -0.2) is 9.97 Å². The highest BCUT2D eigenvalue weighted by Gasteiger charge is 2.51. The number of ketones is 1. The molecule has 4 N–H and O–H groups in total. The van der Waals surface area contributed by atoms with E-state index in [1.54, 1.807) is 0 Å². The largest absolute Gasteiger partial charge is 0.457 e. The van der Waals surface area contributed by atoms with Crippen molar-refractivity contribution < 1.29 is 9.53 Å². The predicted octanol–water partition coefficient (Wildman–Crippen LogP) is 4.59. The van der Waals surface area contributed by atoms with E-state index >= 15 is 0 Å². The van der Waals surface area contributed by atoms with Gasteiger partial charge >= 0.3 is 0 Å². The van der Waals surface area contributed by atoms with Crippen molar-refractivity contribution in [1.29, 1.82) is 0 Å². The van der Waals surface area contributed by atoms with Gasteiger partial charge < -0.3 is 21.1 Å². The number of nitrogens with zero attached hydrogens (tertiary/aromatic N) is 2. The fourth-order valence-corrected chi connectivity index (χ4v) is 5.18. The van der Waals surface area contributed by atoms with Crippen molar-refractivity contribution in [3.05, 3.63) is 73.6 Å². The Bertz CT molecular complexity index is 1180. The molecular formula is C27H29N5O2. The summed E-state index contributed by atoms with van der Waals surface area (Å²) < 4.78 is 5.91. The van der Waals surface area contributed by atoms with Crippen LogP contribution in [-0.2, 0) is 4.79 Å². The molecule has 2 aliphatic rings. The average Bonchev–Trinajstić information content (AvgIpc) is 2.85.